The van der Waals surface area contributed by atoms with Crippen LogP contribution in [0.15, 0.2) is 59.7 Å². The first-order valence-electron chi connectivity index (χ1n) is 7.95. The van der Waals surface area contributed by atoms with E-state index in [-0.39, 0.29) is 5.43 Å². The van der Waals surface area contributed by atoms with E-state index >= 15 is 0 Å². The zero-order valence-electron chi connectivity index (χ0n) is 13.1. The average molecular weight is 324 g/mol. The van der Waals surface area contributed by atoms with Crippen molar-refractivity contribution in [3.63, 3.8) is 0 Å². The summed E-state index contributed by atoms with van der Waals surface area (Å²) in [4.78, 5) is 21.1. The lowest BCUT2D eigenvalue weighted by Crippen LogP contribution is -2.46. The molecule has 0 unspecified atom stereocenters. The largest absolute Gasteiger partial charge is 0.368 e. The summed E-state index contributed by atoms with van der Waals surface area (Å²) in [5.41, 5.74) is 1.08. The standard InChI is InChI=1S/C18H17FN4O/c19-23-8-6-17(24)15-5-4-14(13-16(15)23)21-9-11-22(12-10-21)18-3-1-2-7-20-18/h1-8,13H,9-12H2. The van der Waals surface area contributed by atoms with Gasteiger partial charge in [0.1, 0.15) is 5.82 Å². The van der Waals surface area contributed by atoms with Crippen molar-refractivity contribution < 1.29 is 4.48 Å². The minimum atomic E-state index is -0.162. The fraction of sp³-hybridized carbons (Fsp3) is 0.222. The molecule has 2 aromatic heterocycles. The van der Waals surface area contributed by atoms with E-state index in [4.69, 9.17) is 0 Å². The van der Waals surface area contributed by atoms with E-state index < -0.39 is 0 Å². The number of halogens is 1. The van der Waals surface area contributed by atoms with Gasteiger partial charge in [-0.15, -0.1) is 0 Å². The van der Waals surface area contributed by atoms with E-state index in [1.165, 1.54) is 6.07 Å². The van der Waals surface area contributed by atoms with Crippen LogP contribution in [0.1, 0.15) is 0 Å². The molecule has 1 aromatic carbocycles. The maximum atomic E-state index is 13.9. The number of pyridine rings is 2. The topological polar surface area (TPSA) is 41.4 Å². The Morgan fingerprint density at radius 1 is 0.958 bits per heavy atom. The van der Waals surface area contributed by atoms with E-state index in [0.717, 1.165) is 43.9 Å². The molecular formula is C18H17FN4O. The molecule has 0 spiro atoms. The van der Waals surface area contributed by atoms with Gasteiger partial charge in [0.15, 0.2) is 5.43 Å². The van der Waals surface area contributed by atoms with E-state index in [1.807, 2.05) is 24.3 Å². The molecule has 6 heteroatoms. The fourth-order valence-electron chi connectivity index (χ4n) is 3.14. The van der Waals surface area contributed by atoms with Crippen LogP contribution >= 0.6 is 0 Å². The minimum absolute atomic E-state index is 0.162. The van der Waals surface area contributed by atoms with Crippen molar-refractivity contribution in [1.82, 2.24) is 9.77 Å². The number of hydrogen-bond donors (Lipinski definition) is 0. The minimum Gasteiger partial charge on any atom is -0.368 e. The quantitative estimate of drug-likeness (QED) is 0.726. The summed E-state index contributed by atoms with van der Waals surface area (Å²) in [5.74, 6) is 0.980. The summed E-state index contributed by atoms with van der Waals surface area (Å²) in [7, 11) is 0. The second kappa shape index (κ2) is 5.96. The molecule has 1 fully saturated rings. The molecule has 0 aliphatic carbocycles. The number of nitrogens with zero attached hydrogens (tertiary/aromatic N) is 4. The van der Waals surface area contributed by atoms with Crippen LogP contribution in [0.25, 0.3) is 10.9 Å². The maximum Gasteiger partial charge on any atom is 0.189 e. The highest BCUT2D eigenvalue weighted by molar-refractivity contribution is 5.82. The molecule has 3 aromatic rings. The Kier molecular flexibility index (Phi) is 3.65. The van der Waals surface area contributed by atoms with Gasteiger partial charge in [0.25, 0.3) is 0 Å². The summed E-state index contributed by atoms with van der Waals surface area (Å²) in [6, 6.07) is 12.5. The van der Waals surface area contributed by atoms with Crippen molar-refractivity contribution in [3.8, 4) is 0 Å². The Morgan fingerprint density at radius 3 is 2.50 bits per heavy atom. The van der Waals surface area contributed by atoms with E-state index in [0.29, 0.717) is 15.7 Å². The van der Waals surface area contributed by atoms with Crippen LogP contribution in [0.4, 0.5) is 16.0 Å². The number of hydrogen-bond acceptors (Lipinski definition) is 4. The second-order valence-electron chi connectivity index (χ2n) is 5.85. The Bertz CT molecular complexity index is 917. The van der Waals surface area contributed by atoms with Crippen molar-refractivity contribution in [2.24, 2.45) is 0 Å². The highest BCUT2D eigenvalue weighted by Crippen LogP contribution is 2.23. The Labute approximate surface area is 138 Å². The van der Waals surface area contributed by atoms with Crippen molar-refractivity contribution in [2.45, 2.75) is 0 Å². The molecule has 1 aliphatic rings. The molecule has 1 aliphatic heterocycles. The van der Waals surface area contributed by atoms with Crippen LogP contribution in [0, 0.1) is 0 Å². The Balaban J connectivity index is 1.57. The summed E-state index contributed by atoms with van der Waals surface area (Å²) >= 11 is 0. The predicted molar refractivity (Wildman–Crippen MR) is 93.4 cm³/mol. The van der Waals surface area contributed by atoms with E-state index in [1.54, 1.807) is 18.3 Å². The fourth-order valence-corrected chi connectivity index (χ4v) is 3.14. The zero-order chi connectivity index (χ0) is 16.5. The molecule has 1 saturated heterocycles. The van der Waals surface area contributed by atoms with E-state index in [9.17, 15) is 9.28 Å². The van der Waals surface area contributed by atoms with Gasteiger partial charge in [-0.3, -0.25) is 4.79 Å². The second-order valence-corrected chi connectivity index (χ2v) is 5.85. The van der Waals surface area contributed by atoms with Gasteiger partial charge in [0.05, 0.1) is 5.52 Å². The summed E-state index contributed by atoms with van der Waals surface area (Å²) < 4.78 is 13.9. The zero-order valence-corrected chi connectivity index (χ0v) is 13.1. The first-order valence-corrected chi connectivity index (χ1v) is 7.95. The molecule has 5 nitrogen and oxygen atoms in total. The molecule has 0 atom stereocenters. The molecule has 4 rings (SSSR count). The number of piperazine rings is 1. The highest BCUT2D eigenvalue weighted by atomic mass is 19.2. The lowest BCUT2D eigenvalue weighted by Gasteiger charge is -2.36. The molecule has 0 bridgehead atoms. The Hall–Kier alpha value is -2.89. The van der Waals surface area contributed by atoms with Crippen molar-refractivity contribution in [3.05, 3.63) is 65.1 Å². The van der Waals surface area contributed by atoms with Crippen molar-refractivity contribution >= 4 is 22.4 Å². The molecule has 24 heavy (non-hydrogen) atoms. The molecule has 0 radical (unpaired) electrons. The maximum absolute atomic E-state index is 13.9. The van der Waals surface area contributed by atoms with Gasteiger partial charge < -0.3 is 9.80 Å². The lowest BCUT2D eigenvalue weighted by atomic mass is 10.1. The molecule has 3 heterocycles. The summed E-state index contributed by atoms with van der Waals surface area (Å²) in [6.07, 6.45) is 2.96. The van der Waals surface area contributed by atoms with Crippen LogP contribution in [0.2, 0.25) is 0 Å². The number of benzene rings is 1. The first kappa shape index (κ1) is 14.7. The lowest BCUT2D eigenvalue weighted by molar-refractivity contribution is 0.384. The number of anilines is 2. The van der Waals surface area contributed by atoms with Gasteiger partial charge in [0, 0.05) is 55.7 Å². The summed E-state index contributed by atoms with van der Waals surface area (Å²) in [5, 5.41) is 0.399. The van der Waals surface area contributed by atoms with Gasteiger partial charge >= 0.3 is 0 Å². The molecule has 122 valence electrons. The summed E-state index contributed by atoms with van der Waals surface area (Å²) in [6.45, 7) is 3.36. The molecular weight excluding hydrogens is 307 g/mol. The van der Waals surface area contributed by atoms with Gasteiger partial charge in [-0.05, 0) is 30.3 Å². The Morgan fingerprint density at radius 2 is 1.75 bits per heavy atom. The van der Waals surface area contributed by atoms with Crippen LogP contribution in [-0.4, -0.2) is 36.0 Å². The highest BCUT2D eigenvalue weighted by Gasteiger charge is 2.18. The SMILES string of the molecule is O=c1ccn(F)c2cc(N3CCN(c4ccccn4)CC3)ccc12. The van der Waals surface area contributed by atoms with Crippen LogP contribution in [0.5, 0.6) is 0 Å². The van der Waals surface area contributed by atoms with Gasteiger partial charge in [-0.1, -0.05) is 10.5 Å². The van der Waals surface area contributed by atoms with Gasteiger partial charge in [0.2, 0.25) is 0 Å². The third-order valence-corrected chi connectivity index (χ3v) is 4.45. The number of fused-ring (bicyclic) bond motifs is 1. The third kappa shape index (κ3) is 2.60. The van der Waals surface area contributed by atoms with Crippen LogP contribution < -0.4 is 15.2 Å². The number of rotatable bonds is 2. The number of aromatic nitrogens is 2. The van der Waals surface area contributed by atoms with Crippen LogP contribution in [-0.2, 0) is 0 Å². The predicted octanol–water partition coefficient (Wildman–Crippen LogP) is 2.46. The first-order chi connectivity index (χ1) is 11.7. The van der Waals surface area contributed by atoms with Gasteiger partial charge in [-0.2, -0.15) is 4.79 Å². The molecule has 0 N–H and O–H groups in total. The van der Waals surface area contributed by atoms with Crippen molar-refractivity contribution in [1.29, 1.82) is 0 Å². The third-order valence-electron chi connectivity index (χ3n) is 4.45. The van der Waals surface area contributed by atoms with Gasteiger partial charge in [-0.25, -0.2) is 4.98 Å². The molecule has 0 amide bonds. The van der Waals surface area contributed by atoms with Crippen molar-refractivity contribution in [2.75, 3.05) is 36.0 Å². The van der Waals surface area contributed by atoms with E-state index in [2.05, 4.69) is 14.8 Å². The average Bonchev–Trinajstić information content (AvgIpc) is 2.65. The normalized spacial score (nSPS) is 15.0. The smallest absolute Gasteiger partial charge is 0.189 e. The molecule has 0 saturated carbocycles. The monoisotopic (exact) mass is 324 g/mol. The van der Waals surface area contributed by atoms with Crippen LogP contribution in [0.3, 0.4) is 0 Å².